The first-order valence-electron chi connectivity index (χ1n) is 6.80. The zero-order valence-corrected chi connectivity index (χ0v) is 11.7. The molecule has 0 amide bonds. The lowest BCUT2D eigenvalue weighted by Gasteiger charge is -2.40. The molecule has 1 aliphatic rings. The summed E-state index contributed by atoms with van der Waals surface area (Å²) in [5, 5.41) is 8.91. The van der Waals surface area contributed by atoms with Gasteiger partial charge in [-0.15, -0.1) is 0 Å². The van der Waals surface area contributed by atoms with E-state index in [0.29, 0.717) is 19.1 Å². The lowest BCUT2D eigenvalue weighted by molar-refractivity contribution is 0.220. The molecule has 1 aromatic rings. The van der Waals surface area contributed by atoms with Crippen LogP contribution >= 0.6 is 0 Å². The fraction of sp³-hybridized carbons (Fsp3) is 0.533. The third-order valence-electron chi connectivity index (χ3n) is 3.61. The highest BCUT2D eigenvalue weighted by molar-refractivity contribution is 5.58. The van der Waals surface area contributed by atoms with Crippen LogP contribution in [0.5, 0.6) is 5.75 Å². The van der Waals surface area contributed by atoms with Gasteiger partial charge in [0.25, 0.3) is 0 Å². The number of nitrogens with zero attached hydrogens (tertiary/aromatic N) is 3. The van der Waals surface area contributed by atoms with E-state index in [0.717, 1.165) is 31.1 Å². The molecule has 4 heteroatoms. The molecular weight excluding hydrogens is 238 g/mol. The second-order valence-corrected chi connectivity index (χ2v) is 4.84. The zero-order chi connectivity index (χ0) is 13.7. The van der Waals surface area contributed by atoms with Gasteiger partial charge in [-0.25, -0.2) is 0 Å². The van der Waals surface area contributed by atoms with Gasteiger partial charge in [0.2, 0.25) is 0 Å². The zero-order valence-electron chi connectivity index (χ0n) is 11.7. The molecule has 1 aliphatic heterocycles. The van der Waals surface area contributed by atoms with Crippen LogP contribution in [0, 0.1) is 11.3 Å². The number of nitriles is 1. The Kier molecular flexibility index (Phi) is 4.64. The molecule has 1 aromatic carbocycles. The maximum atomic E-state index is 8.91. The molecule has 0 aromatic heterocycles. The van der Waals surface area contributed by atoms with E-state index in [-0.39, 0.29) is 0 Å². The fourth-order valence-corrected chi connectivity index (χ4v) is 2.49. The van der Waals surface area contributed by atoms with Gasteiger partial charge in [0.15, 0.2) is 0 Å². The van der Waals surface area contributed by atoms with Gasteiger partial charge in [0, 0.05) is 25.7 Å². The topological polar surface area (TPSA) is 39.5 Å². The molecule has 0 radical (unpaired) electrons. The summed E-state index contributed by atoms with van der Waals surface area (Å²) in [6, 6.07) is 10.7. The number of rotatable bonds is 4. The minimum atomic E-state index is 0.299. The number of para-hydroxylation sites is 2. The first-order valence-corrected chi connectivity index (χ1v) is 6.80. The van der Waals surface area contributed by atoms with Crippen molar-refractivity contribution >= 4 is 5.69 Å². The van der Waals surface area contributed by atoms with Crippen molar-refractivity contribution in [2.45, 2.75) is 19.4 Å². The van der Waals surface area contributed by atoms with E-state index in [1.165, 1.54) is 0 Å². The van der Waals surface area contributed by atoms with Crippen molar-refractivity contribution in [3.63, 3.8) is 0 Å². The largest absolute Gasteiger partial charge is 0.492 e. The summed E-state index contributed by atoms with van der Waals surface area (Å²) in [6.45, 7) is 5.51. The van der Waals surface area contributed by atoms with Crippen molar-refractivity contribution in [3.05, 3.63) is 24.3 Å². The lowest BCUT2D eigenvalue weighted by atomic mass is 10.1. The average Bonchev–Trinajstić information content (AvgIpc) is 2.43. The Balaban J connectivity index is 2.16. The molecule has 102 valence electrons. The van der Waals surface area contributed by atoms with Crippen molar-refractivity contribution in [1.29, 1.82) is 5.26 Å². The van der Waals surface area contributed by atoms with Crippen LogP contribution in [0.2, 0.25) is 0 Å². The van der Waals surface area contributed by atoms with Crippen LogP contribution in [-0.4, -0.2) is 44.2 Å². The molecule has 0 N–H and O–H groups in total. The second kappa shape index (κ2) is 6.44. The van der Waals surface area contributed by atoms with Gasteiger partial charge >= 0.3 is 0 Å². The molecule has 4 nitrogen and oxygen atoms in total. The number of likely N-dealkylation sites (N-methyl/N-ethyl adjacent to an activating group) is 1. The van der Waals surface area contributed by atoms with Gasteiger partial charge < -0.3 is 9.64 Å². The van der Waals surface area contributed by atoms with Crippen LogP contribution in [0.1, 0.15) is 13.3 Å². The monoisotopic (exact) mass is 259 g/mol. The lowest BCUT2D eigenvalue weighted by Crippen LogP contribution is -2.51. The Bertz CT molecular complexity index is 455. The molecule has 1 fully saturated rings. The molecule has 1 unspecified atom stereocenters. The van der Waals surface area contributed by atoms with Gasteiger partial charge in [-0.2, -0.15) is 5.26 Å². The summed E-state index contributed by atoms with van der Waals surface area (Å²) in [7, 11) is 2.09. The van der Waals surface area contributed by atoms with Crippen LogP contribution in [0.4, 0.5) is 5.69 Å². The van der Waals surface area contributed by atoms with E-state index in [2.05, 4.69) is 29.0 Å². The molecule has 0 bridgehead atoms. The van der Waals surface area contributed by atoms with Crippen LogP contribution in [-0.2, 0) is 0 Å². The predicted molar refractivity (Wildman–Crippen MR) is 76.5 cm³/mol. The van der Waals surface area contributed by atoms with Crippen molar-refractivity contribution in [1.82, 2.24) is 4.90 Å². The molecule has 1 heterocycles. The number of hydrogen-bond donors (Lipinski definition) is 0. The maximum Gasteiger partial charge on any atom is 0.142 e. The quantitative estimate of drug-likeness (QED) is 0.830. The number of hydrogen-bond acceptors (Lipinski definition) is 4. The summed E-state index contributed by atoms with van der Waals surface area (Å²) in [5.41, 5.74) is 1.14. The van der Waals surface area contributed by atoms with Gasteiger partial charge in [-0.05, 0) is 26.1 Å². The van der Waals surface area contributed by atoms with Crippen molar-refractivity contribution in [2.24, 2.45) is 0 Å². The highest BCUT2D eigenvalue weighted by atomic mass is 16.5. The molecule has 19 heavy (non-hydrogen) atoms. The Labute approximate surface area is 115 Å². The fourth-order valence-electron chi connectivity index (χ4n) is 2.49. The average molecular weight is 259 g/mol. The SMILES string of the molecule is CCOc1ccccc1N1CCN(C)C(CC#N)C1. The van der Waals surface area contributed by atoms with Gasteiger partial charge in [-0.3, -0.25) is 4.90 Å². The van der Waals surface area contributed by atoms with Crippen molar-refractivity contribution in [2.75, 3.05) is 38.2 Å². The number of benzene rings is 1. The van der Waals surface area contributed by atoms with Crippen LogP contribution < -0.4 is 9.64 Å². The van der Waals surface area contributed by atoms with E-state index >= 15 is 0 Å². The normalized spacial score (nSPS) is 20.1. The third kappa shape index (κ3) is 3.18. The Morgan fingerprint density at radius 1 is 1.37 bits per heavy atom. The summed E-state index contributed by atoms with van der Waals surface area (Å²) < 4.78 is 5.69. The minimum absolute atomic E-state index is 0.299. The first-order chi connectivity index (χ1) is 9.26. The molecule has 1 saturated heterocycles. The van der Waals surface area contributed by atoms with E-state index in [4.69, 9.17) is 10.00 Å². The van der Waals surface area contributed by atoms with E-state index in [1.807, 2.05) is 25.1 Å². The predicted octanol–water partition coefficient (Wildman–Crippen LogP) is 2.12. The summed E-state index contributed by atoms with van der Waals surface area (Å²) in [4.78, 5) is 4.59. The van der Waals surface area contributed by atoms with Gasteiger partial charge in [-0.1, -0.05) is 12.1 Å². The van der Waals surface area contributed by atoms with Crippen molar-refractivity contribution < 1.29 is 4.74 Å². The highest BCUT2D eigenvalue weighted by Gasteiger charge is 2.25. The molecule has 0 spiro atoms. The van der Waals surface area contributed by atoms with Gasteiger partial charge in [0.05, 0.1) is 24.8 Å². The van der Waals surface area contributed by atoms with Crippen LogP contribution in [0.3, 0.4) is 0 Å². The highest BCUT2D eigenvalue weighted by Crippen LogP contribution is 2.29. The Hall–Kier alpha value is -1.73. The third-order valence-corrected chi connectivity index (χ3v) is 3.61. The number of anilines is 1. The summed E-state index contributed by atoms with van der Waals surface area (Å²) in [6.07, 6.45) is 0.573. The smallest absolute Gasteiger partial charge is 0.142 e. The van der Waals surface area contributed by atoms with E-state index < -0.39 is 0 Å². The van der Waals surface area contributed by atoms with Gasteiger partial charge in [0.1, 0.15) is 5.75 Å². The van der Waals surface area contributed by atoms with E-state index in [9.17, 15) is 0 Å². The Morgan fingerprint density at radius 2 is 2.16 bits per heavy atom. The first kappa shape index (κ1) is 13.7. The molecule has 2 rings (SSSR count). The second-order valence-electron chi connectivity index (χ2n) is 4.84. The Morgan fingerprint density at radius 3 is 2.89 bits per heavy atom. The maximum absolute atomic E-state index is 8.91. The number of piperazine rings is 1. The van der Waals surface area contributed by atoms with E-state index in [1.54, 1.807) is 0 Å². The van der Waals surface area contributed by atoms with Crippen LogP contribution in [0.15, 0.2) is 24.3 Å². The van der Waals surface area contributed by atoms with Crippen LogP contribution in [0.25, 0.3) is 0 Å². The molecule has 1 atom stereocenters. The van der Waals surface area contributed by atoms with Crippen molar-refractivity contribution in [3.8, 4) is 11.8 Å². The molecule has 0 saturated carbocycles. The summed E-state index contributed by atoms with van der Waals surface area (Å²) in [5.74, 6) is 0.935. The molecule has 0 aliphatic carbocycles. The minimum Gasteiger partial charge on any atom is -0.492 e. The molecular formula is C15H21N3O. The summed E-state index contributed by atoms with van der Waals surface area (Å²) >= 11 is 0. The standard InChI is InChI=1S/C15H21N3O/c1-3-19-15-7-5-4-6-14(15)18-11-10-17(2)13(12-18)8-9-16/h4-7,13H,3,8,10-12H2,1-2H3. The number of ether oxygens (including phenoxy) is 1.